The number of carbonyl (C=O) groups excluding carboxylic acids is 1. The molecule has 0 aliphatic heterocycles. The third-order valence-electron chi connectivity index (χ3n) is 2.43. The van der Waals surface area contributed by atoms with Crippen molar-refractivity contribution in [2.75, 3.05) is 17.7 Å². The van der Waals surface area contributed by atoms with Crippen molar-refractivity contribution in [3.63, 3.8) is 0 Å². The number of rotatable bonds is 4. The van der Waals surface area contributed by atoms with Crippen LogP contribution in [0.4, 0.5) is 11.5 Å². The van der Waals surface area contributed by atoms with Crippen LogP contribution in [-0.2, 0) is 0 Å². The summed E-state index contributed by atoms with van der Waals surface area (Å²) in [6, 6.07) is 4.87. The van der Waals surface area contributed by atoms with Crippen molar-refractivity contribution in [3.05, 3.63) is 40.8 Å². The van der Waals surface area contributed by atoms with Crippen molar-refractivity contribution in [3.8, 4) is 5.75 Å². The standard InChI is InChI=1S/C13H13BrN4O2/c1-2-20-10-4-3-8(5-9(10)15)13(19)18-12-7-16-11(14)6-17-12/h3-7H,2,15H2,1H3,(H,17,18,19). The Balaban J connectivity index is 2.13. The molecule has 1 heterocycles. The van der Waals surface area contributed by atoms with Crippen molar-refractivity contribution >= 4 is 33.3 Å². The van der Waals surface area contributed by atoms with Gasteiger partial charge in [-0.05, 0) is 41.1 Å². The Bertz CT molecular complexity index is 616. The smallest absolute Gasteiger partial charge is 0.256 e. The van der Waals surface area contributed by atoms with Crippen molar-refractivity contribution in [2.45, 2.75) is 6.92 Å². The fourth-order valence-corrected chi connectivity index (χ4v) is 1.75. The van der Waals surface area contributed by atoms with E-state index in [-0.39, 0.29) is 5.91 Å². The van der Waals surface area contributed by atoms with Crippen molar-refractivity contribution in [1.82, 2.24) is 9.97 Å². The molecule has 1 aromatic heterocycles. The molecule has 3 N–H and O–H groups in total. The lowest BCUT2D eigenvalue weighted by Crippen LogP contribution is -2.13. The number of hydrogen-bond acceptors (Lipinski definition) is 5. The van der Waals surface area contributed by atoms with Crippen molar-refractivity contribution < 1.29 is 9.53 Å². The molecule has 0 radical (unpaired) electrons. The lowest BCUT2D eigenvalue weighted by atomic mass is 10.2. The lowest BCUT2D eigenvalue weighted by Gasteiger charge is -2.09. The fraction of sp³-hybridized carbons (Fsp3) is 0.154. The van der Waals surface area contributed by atoms with Crippen LogP contribution in [0.5, 0.6) is 5.75 Å². The van der Waals surface area contributed by atoms with Crippen LogP contribution in [0.3, 0.4) is 0 Å². The van der Waals surface area contributed by atoms with E-state index in [9.17, 15) is 4.79 Å². The summed E-state index contributed by atoms with van der Waals surface area (Å²) >= 11 is 3.17. The van der Waals surface area contributed by atoms with Gasteiger partial charge in [-0.3, -0.25) is 4.79 Å². The number of ether oxygens (including phenoxy) is 1. The Kier molecular flexibility index (Phi) is 4.52. The molecule has 0 bridgehead atoms. The number of nitrogens with one attached hydrogen (secondary N) is 1. The molecule has 1 aromatic carbocycles. The minimum atomic E-state index is -0.309. The molecule has 0 saturated carbocycles. The van der Waals surface area contributed by atoms with Gasteiger partial charge < -0.3 is 15.8 Å². The molecule has 2 aromatic rings. The number of amides is 1. The van der Waals surface area contributed by atoms with Gasteiger partial charge in [0.1, 0.15) is 10.4 Å². The quantitative estimate of drug-likeness (QED) is 0.837. The molecule has 6 nitrogen and oxygen atoms in total. The number of nitrogen functional groups attached to an aromatic ring is 1. The van der Waals surface area contributed by atoms with E-state index in [1.807, 2.05) is 6.92 Å². The van der Waals surface area contributed by atoms with Gasteiger partial charge in [-0.15, -0.1) is 0 Å². The van der Waals surface area contributed by atoms with Crippen LogP contribution in [0.1, 0.15) is 17.3 Å². The third kappa shape index (κ3) is 3.45. The molecule has 0 saturated heterocycles. The van der Waals surface area contributed by atoms with E-state index >= 15 is 0 Å². The second-order valence-electron chi connectivity index (χ2n) is 3.86. The van der Waals surface area contributed by atoms with E-state index in [1.165, 1.54) is 12.4 Å². The average Bonchev–Trinajstić information content (AvgIpc) is 2.44. The highest BCUT2D eigenvalue weighted by Gasteiger charge is 2.10. The van der Waals surface area contributed by atoms with Gasteiger partial charge in [0.25, 0.3) is 5.91 Å². The maximum Gasteiger partial charge on any atom is 0.256 e. The molecule has 2 rings (SSSR count). The zero-order valence-electron chi connectivity index (χ0n) is 10.8. The summed E-state index contributed by atoms with van der Waals surface area (Å²) in [7, 11) is 0. The summed E-state index contributed by atoms with van der Waals surface area (Å²) in [5, 5.41) is 2.63. The lowest BCUT2D eigenvalue weighted by molar-refractivity contribution is 0.102. The van der Waals surface area contributed by atoms with E-state index in [1.54, 1.807) is 18.2 Å². The van der Waals surface area contributed by atoms with Gasteiger partial charge >= 0.3 is 0 Å². The summed E-state index contributed by atoms with van der Waals surface area (Å²) in [6.07, 6.45) is 2.96. The van der Waals surface area contributed by atoms with E-state index in [0.717, 1.165) is 0 Å². The Morgan fingerprint density at radius 2 is 2.20 bits per heavy atom. The number of aromatic nitrogens is 2. The normalized spacial score (nSPS) is 10.1. The molecule has 0 aliphatic carbocycles. The molecule has 0 unspecified atom stereocenters. The summed E-state index contributed by atoms with van der Waals surface area (Å²) < 4.78 is 5.92. The topological polar surface area (TPSA) is 90.1 Å². The predicted octanol–water partition coefficient (Wildman–Crippen LogP) is 2.47. The Hall–Kier alpha value is -2.15. The first-order valence-electron chi connectivity index (χ1n) is 5.91. The highest BCUT2D eigenvalue weighted by Crippen LogP contribution is 2.22. The number of benzene rings is 1. The largest absolute Gasteiger partial charge is 0.492 e. The van der Waals surface area contributed by atoms with Crippen LogP contribution in [-0.4, -0.2) is 22.5 Å². The molecule has 0 spiro atoms. The second kappa shape index (κ2) is 6.33. The number of halogens is 1. The molecule has 0 aliphatic rings. The summed E-state index contributed by atoms with van der Waals surface area (Å²) in [6.45, 7) is 2.39. The monoisotopic (exact) mass is 336 g/mol. The molecular weight excluding hydrogens is 324 g/mol. The average molecular weight is 337 g/mol. The van der Waals surface area contributed by atoms with Crippen LogP contribution in [0.25, 0.3) is 0 Å². The number of hydrogen-bond donors (Lipinski definition) is 2. The summed E-state index contributed by atoms with van der Waals surface area (Å²) in [5.74, 6) is 0.620. The second-order valence-corrected chi connectivity index (χ2v) is 4.68. The van der Waals surface area contributed by atoms with Gasteiger partial charge in [0.15, 0.2) is 5.82 Å². The molecule has 0 atom stereocenters. The number of carbonyl (C=O) groups is 1. The highest BCUT2D eigenvalue weighted by molar-refractivity contribution is 9.10. The third-order valence-corrected chi connectivity index (χ3v) is 2.84. The van der Waals surface area contributed by atoms with Gasteiger partial charge in [-0.2, -0.15) is 0 Å². The zero-order valence-corrected chi connectivity index (χ0v) is 12.3. The van der Waals surface area contributed by atoms with Gasteiger partial charge in [0.2, 0.25) is 0 Å². The maximum atomic E-state index is 12.0. The first-order chi connectivity index (χ1) is 9.60. The molecular formula is C13H13BrN4O2. The van der Waals surface area contributed by atoms with Crippen molar-refractivity contribution in [2.24, 2.45) is 0 Å². The Labute approximate surface area is 124 Å². The van der Waals surface area contributed by atoms with Crippen LogP contribution in [0.2, 0.25) is 0 Å². The first-order valence-corrected chi connectivity index (χ1v) is 6.70. The van der Waals surface area contributed by atoms with Crippen LogP contribution >= 0.6 is 15.9 Å². The van der Waals surface area contributed by atoms with Crippen molar-refractivity contribution in [1.29, 1.82) is 0 Å². The van der Waals surface area contributed by atoms with E-state index in [4.69, 9.17) is 10.5 Å². The van der Waals surface area contributed by atoms with Gasteiger partial charge in [-0.25, -0.2) is 9.97 Å². The molecule has 20 heavy (non-hydrogen) atoms. The van der Waals surface area contributed by atoms with E-state index in [2.05, 4.69) is 31.2 Å². The number of nitrogens with zero attached hydrogens (tertiary/aromatic N) is 2. The molecule has 1 amide bonds. The van der Waals surface area contributed by atoms with Crippen LogP contribution in [0, 0.1) is 0 Å². The van der Waals surface area contributed by atoms with Crippen LogP contribution < -0.4 is 15.8 Å². The first kappa shape index (κ1) is 14.3. The van der Waals surface area contributed by atoms with E-state index in [0.29, 0.717) is 34.0 Å². The van der Waals surface area contributed by atoms with E-state index < -0.39 is 0 Å². The number of anilines is 2. The van der Waals surface area contributed by atoms with Gasteiger partial charge in [0, 0.05) is 5.56 Å². The minimum Gasteiger partial charge on any atom is -0.492 e. The highest BCUT2D eigenvalue weighted by atomic mass is 79.9. The fourth-order valence-electron chi connectivity index (χ4n) is 1.54. The maximum absolute atomic E-state index is 12.0. The SMILES string of the molecule is CCOc1ccc(C(=O)Nc2cnc(Br)cn2)cc1N. The van der Waals surface area contributed by atoms with Crippen LogP contribution in [0.15, 0.2) is 35.2 Å². The van der Waals surface area contributed by atoms with Gasteiger partial charge in [-0.1, -0.05) is 0 Å². The minimum absolute atomic E-state index is 0.309. The predicted molar refractivity (Wildman–Crippen MR) is 79.7 cm³/mol. The summed E-state index contributed by atoms with van der Waals surface area (Å²) in [5.41, 5.74) is 6.66. The Morgan fingerprint density at radius 3 is 2.80 bits per heavy atom. The number of nitrogens with two attached hydrogens (primary N) is 1. The zero-order chi connectivity index (χ0) is 14.5. The molecule has 104 valence electrons. The molecule has 7 heteroatoms. The Morgan fingerprint density at radius 1 is 1.40 bits per heavy atom. The van der Waals surface area contributed by atoms with Gasteiger partial charge in [0.05, 0.1) is 24.7 Å². The summed E-state index contributed by atoms with van der Waals surface area (Å²) in [4.78, 5) is 20.0. The molecule has 0 fully saturated rings.